The fraction of sp³-hybridized carbons (Fsp3) is 0.167. The number of nitrogens with one attached hydrogen (secondary N) is 1. The summed E-state index contributed by atoms with van der Waals surface area (Å²) in [6.45, 7) is 0.495. The lowest BCUT2D eigenvalue weighted by atomic mass is 10.2. The lowest BCUT2D eigenvalue weighted by molar-refractivity contribution is 0.593. The maximum absolute atomic E-state index is 13.7. The highest BCUT2D eigenvalue weighted by atomic mass is 32.2. The van der Waals surface area contributed by atoms with E-state index < -0.39 is 0 Å². The molecule has 0 fully saturated rings. The van der Waals surface area contributed by atoms with E-state index in [2.05, 4.69) is 15.3 Å². The molecule has 0 spiro atoms. The summed E-state index contributed by atoms with van der Waals surface area (Å²) >= 11 is 1.41. The third-order valence-corrected chi connectivity index (χ3v) is 3.21. The highest BCUT2D eigenvalue weighted by Crippen LogP contribution is 2.29. The summed E-state index contributed by atoms with van der Waals surface area (Å²) in [5, 5.41) is 3.72. The van der Waals surface area contributed by atoms with Gasteiger partial charge in [-0.15, -0.1) is 0 Å². The van der Waals surface area contributed by atoms with Crippen molar-refractivity contribution in [2.24, 2.45) is 0 Å². The van der Waals surface area contributed by atoms with E-state index in [0.29, 0.717) is 12.1 Å². The monoisotopic (exact) mass is 249 g/mol. The molecule has 3 nitrogen and oxygen atoms in total. The third-order valence-electron chi connectivity index (χ3n) is 2.18. The highest BCUT2D eigenvalue weighted by Gasteiger charge is 2.09. The van der Waals surface area contributed by atoms with Crippen molar-refractivity contribution in [1.82, 2.24) is 15.3 Å². The zero-order valence-electron chi connectivity index (χ0n) is 9.35. The van der Waals surface area contributed by atoms with Crippen LogP contribution in [0.1, 0.15) is 5.56 Å². The number of nitrogens with zero attached hydrogens (tertiary/aromatic N) is 2. The fourth-order valence-corrected chi connectivity index (χ4v) is 2.33. The summed E-state index contributed by atoms with van der Waals surface area (Å²) in [4.78, 5) is 9.01. The predicted octanol–water partition coefficient (Wildman–Crippen LogP) is 2.49. The van der Waals surface area contributed by atoms with Crippen molar-refractivity contribution in [2.75, 3.05) is 7.05 Å². The second-order valence-electron chi connectivity index (χ2n) is 3.39. The maximum atomic E-state index is 13.7. The quantitative estimate of drug-likeness (QED) is 0.903. The van der Waals surface area contributed by atoms with Gasteiger partial charge in [-0.3, -0.25) is 4.98 Å². The molecular weight excluding hydrogens is 237 g/mol. The average molecular weight is 249 g/mol. The van der Waals surface area contributed by atoms with E-state index in [1.54, 1.807) is 31.7 Å². The van der Waals surface area contributed by atoms with E-state index in [4.69, 9.17) is 0 Å². The lowest BCUT2D eigenvalue weighted by Gasteiger charge is -2.08. The normalized spacial score (nSPS) is 10.5. The second kappa shape index (κ2) is 5.75. The first kappa shape index (κ1) is 12.0. The molecule has 0 amide bonds. The molecule has 17 heavy (non-hydrogen) atoms. The number of benzene rings is 1. The van der Waals surface area contributed by atoms with Gasteiger partial charge >= 0.3 is 0 Å². The van der Waals surface area contributed by atoms with Gasteiger partial charge in [-0.25, -0.2) is 9.37 Å². The van der Waals surface area contributed by atoms with Crippen molar-refractivity contribution in [3.8, 4) is 0 Å². The molecule has 0 aliphatic carbocycles. The van der Waals surface area contributed by atoms with Crippen molar-refractivity contribution < 1.29 is 4.39 Å². The van der Waals surface area contributed by atoms with Crippen LogP contribution in [0.4, 0.5) is 4.39 Å². The highest BCUT2D eigenvalue weighted by molar-refractivity contribution is 7.99. The summed E-state index contributed by atoms with van der Waals surface area (Å²) in [6, 6.07) is 5.05. The van der Waals surface area contributed by atoms with Gasteiger partial charge in [-0.2, -0.15) is 0 Å². The van der Waals surface area contributed by atoms with Crippen LogP contribution in [0.3, 0.4) is 0 Å². The second-order valence-corrected chi connectivity index (χ2v) is 4.45. The molecule has 1 heterocycles. The van der Waals surface area contributed by atoms with Gasteiger partial charge in [0.25, 0.3) is 0 Å². The van der Waals surface area contributed by atoms with Crippen LogP contribution < -0.4 is 5.32 Å². The van der Waals surface area contributed by atoms with E-state index in [1.165, 1.54) is 17.8 Å². The van der Waals surface area contributed by atoms with E-state index >= 15 is 0 Å². The van der Waals surface area contributed by atoms with Gasteiger partial charge < -0.3 is 5.32 Å². The Bertz CT molecular complexity index is 490. The molecule has 0 saturated carbocycles. The Kier molecular flexibility index (Phi) is 4.06. The standard InChI is InChI=1S/C12H12FN3S/c1-14-7-9-10(13)3-2-4-11(9)17-12-8-15-5-6-16-12/h2-6,8,14H,7H2,1H3. The molecule has 88 valence electrons. The maximum Gasteiger partial charge on any atom is 0.128 e. The largest absolute Gasteiger partial charge is 0.316 e. The molecule has 2 aromatic rings. The Morgan fingerprint density at radius 3 is 2.94 bits per heavy atom. The Balaban J connectivity index is 2.29. The van der Waals surface area contributed by atoms with Crippen molar-refractivity contribution in [2.45, 2.75) is 16.5 Å². The molecule has 0 saturated heterocycles. The Labute approximate surface area is 103 Å². The van der Waals surface area contributed by atoms with Gasteiger partial charge in [-0.1, -0.05) is 17.8 Å². The average Bonchev–Trinajstić information content (AvgIpc) is 2.35. The first-order valence-corrected chi connectivity index (χ1v) is 5.99. The van der Waals surface area contributed by atoms with E-state index in [-0.39, 0.29) is 5.82 Å². The Morgan fingerprint density at radius 2 is 2.24 bits per heavy atom. The van der Waals surface area contributed by atoms with Crippen LogP contribution in [0.2, 0.25) is 0 Å². The number of rotatable bonds is 4. The number of halogens is 1. The summed E-state index contributed by atoms with van der Waals surface area (Å²) in [5.74, 6) is -0.201. The van der Waals surface area contributed by atoms with Gasteiger partial charge in [0.2, 0.25) is 0 Å². The molecule has 1 N–H and O–H groups in total. The molecule has 0 aliphatic rings. The minimum Gasteiger partial charge on any atom is -0.316 e. The first-order valence-electron chi connectivity index (χ1n) is 5.17. The zero-order chi connectivity index (χ0) is 12.1. The van der Waals surface area contributed by atoms with Crippen molar-refractivity contribution in [1.29, 1.82) is 0 Å². The molecule has 0 unspecified atom stereocenters. The smallest absolute Gasteiger partial charge is 0.128 e. The molecule has 1 aromatic heterocycles. The van der Waals surface area contributed by atoms with E-state index in [1.807, 2.05) is 6.07 Å². The number of hydrogen-bond donors (Lipinski definition) is 1. The van der Waals surface area contributed by atoms with Crippen LogP contribution in [0.15, 0.2) is 46.7 Å². The zero-order valence-corrected chi connectivity index (χ0v) is 10.2. The van der Waals surface area contributed by atoms with Gasteiger partial charge in [0, 0.05) is 29.4 Å². The van der Waals surface area contributed by atoms with Crippen LogP contribution in [-0.4, -0.2) is 17.0 Å². The lowest BCUT2D eigenvalue weighted by Crippen LogP contribution is -2.08. The number of hydrogen-bond acceptors (Lipinski definition) is 4. The molecule has 5 heteroatoms. The molecule has 0 atom stereocenters. The van der Waals surface area contributed by atoms with E-state index in [0.717, 1.165) is 9.92 Å². The molecule has 0 radical (unpaired) electrons. The SMILES string of the molecule is CNCc1c(F)cccc1Sc1cnccn1. The summed E-state index contributed by atoms with van der Waals surface area (Å²) in [5.41, 5.74) is 0.658. The third kappa shape index (κ3) is 3.01. The van der Waals surface area contributed by atoms with Gasteiger partial charge in [-0.05, 0) is 19.2 Å². The van der Waals surface area contributed by atoms with Gasteiger partial charge in [0.05, 0.1) is 6.20 Å². The van der Waals surface area contributed by atoms with Gasteiger partial charge in [0.15, 0.2) is 0 Å². The predicted molar refractivity (Wildman–Crippen MR) is 65.3 cm³/mol. The summed E-state index contributed by atoms with van der Waals surface area (Å²) < 4.78 is 13.7. The van der Waals surface area contributed by atoms with Crippen LogP contribution in [0.25, 0.3) is 0 Å². The van der Waals surface area contributed by atoms with Crippen molar-refractivity contribution in [3.63, 3.8) is 0 Å². The Morgan fingerprint density at radius 1 is 1.35 bits per heavy atom. The van der Waals surface area contributed by atoms with E-state index in [9.17, 15) is 4.39 Å². The van der Waals surface area contributed by atoms with Crippen molar-refractivity contribution >= 4 is 11.8 Å². The molecule has 1 aromatic carbocycles. The van der Waals surface area contributed by atoms with Crippen LogP contribution in [-0.2, 0) is 6.54 Å². The number of aromatic nitrogens is 2. The molecule has 2 rings (SSSR count). The minimum atomic E-state index is -0.201. The fourth-order valence-electron chi connectivity index (χ4n) is 1.43. The Hall–Kier alpha value is -1.46. The summed E-state index contributed by atoms with van der Waals surface area (Å²) in [6.07, 6.45) is 4.91. The molecule has 0 aliphatic heterocycles. The van der Waals surface area contributed by atoms with Crippen LogP contribution in [0, 0.1) is 5.82 Å². The van der Waals surface area contributed by atoms with Crippen LogP contribution >= 0.6 is 11.8 Å². The summed E-state index contributed by atoms with van der Waals surface area (Å²) in [7, 11) is 1.79. The topological polar surface area (TPSA) is 37.8 Å². The van der Waals surface area contributed by atoms with Crippen molar-refractivity contribution in [3.05, 3.63) is 48.2 Å². The first-order chi connectivity index (χ1) is 8.31. The molecular formula is C12H12FN3S. The minimum absolute atomic E-state index is 0.201. The molecule has 0 bridgehead atoms. The van der Waals surface area contributed by atoms with Gasteiger partial charge in [0.1, 0.15) is 10.8 Å². The van der Waals surface area contributed by atoms with Crippen LogP contribution in [0.5, 0.6) is 0 Å².